The van der Waals surface area contributed by atoms with Gasteiger partial charge in [0.15, 0.2) is 0 Å². The van der Waals surface area contributed by atoms with Gasteiger partial charge < -0.3 is 10.3 Å². The van der Waals surface area contributed by atoms with E-state index in [1.165, 1.54) is 11.3 Å². The number of thiophene rings is 1. The highest BCUT2D eigenvalue weighted by Gasteiger charge is 2.08. The monoisotopic (exact) mass is 284 g/mol. The van der Waals surface area contributed by atoms with E-state index in [4.69, 9.17) is 0 Å². The van der Waals surface area contributed by atoms with Crippen molar-refractivity contribution in [2.45, 2.75) is 6.92 Å². The minimum absolute atomic E-state index is 0.142. The van der Waals surface area contributed by atoms with Gasteiger partial charge >= 0.3 is 0 Å². The Morgan fingerprint density at radius 2 is 2.10 bits per heavy atom. The maximum Gasteiger partial charge on any atom is 0.265 e. The Morgan fingerprint density at radius 3 is 2.85 bits per heavy atom. The molecule has 0 radical (unpaired) electrons. The molecular formula is C15H12N2O2S. The first-order valence-corrected chi connectivity index (χ1v) is 7.00. The Balaban J connectivity index is 1.97. The lowest BCUT2D eigenvalue weighted by Gasteiger charge is -2.06. The summed E-state index contributed by atoms with van der Waals surface area (Å²) in [6.07, 6.45) is 0. The van der Waals surface area contributed by atoms with Gasteiger partial charge in [0.25, 0.3) is 5.91 Å². The first kappa shape index (κ1) is 12.6. The summed E-state index contributed by atoms with van der Waals surface area (Å²) in [6, 6.07) is 10.7. The maximum atomic E-state index is 12.0. The van der Waals surface area contributed by atoms with E-state index in [-0.39, 0.29) is 11.5 Å². The number of benzene rings is 1. The molecule has 0 saturated heterocycles. The molecule has 0 bridgehead atoms. The first-order valence-electron chi connectivity index (χ1n) is 6.12. The summed E-state index contributed by atoms with van der Waals surface area (Å²) in [6.45, 7) is 1.89. The van der Waals surface area contributed by atoms with Gasteiger partial charge in [0, 0.05) is 17.1 Å². The summed E-state index contributed by atoms with van der Waals surface area (Å²) in [5.41, 5.74) is 2.16. The molecule has 0 fully saturated rings. The van der Waals surface area contributed by atoms with Gasteiger partial charge in [-0.3, -0.25) is 9.59 Å². The van der Waals surface area contributed by atoms with Gasteiger partial charge in [-0.2, -0.15) is 0 Å². The van der Waals surface area contributed by atoms with Crippen molar-refractivity contribution in [1.82, 2.24) is 4.98 Å². The van der Waals surface area contributed by atoms with Gasteiger partial charge in [-0.15, -0.1) is 11.3 Å². The number of hydrogen-bond donors (Lipinski definition) is 2. The van der Waals surface area contributed by atoms with Gasteiger partial charge in [0.1, 0.15) is 0 Å². The highest BCUT2D eigenvalue weighted by molar-refractivity contribution is 7.12. The number of hydrogen-bond acceptors (Lipinski definition) is 3. The fourth-order valence-corrected chi connectivity index (χ4v) is 2.73. The Labute approximate surface area is 119 Å². The fourth-order valence-electron chi connectivity index (χ4n) is 2.11. The number of H-pyrrole nitrogens is 1. The van der Waals surface area contributed by atoms with Crippen molar-refractivity contribution in [3.05, 3.63) is 62.6 Å². The number of rotatable bonds is 2. The van der Waals surface area contributed by atoms with Crippen molar-refractivity contribution < 1.29 is 4.79 Å². The number of pyridine rings is 1. The zero-order chi connectivity index (χ0) is 14.1. The van der Waals surface area contributed by atoms with E-state index in [2.05, 4.69) is 10.3 Å². The molecule has 5 heteroatoms. The molecule has 0 atom stereocenters. The van der Waals surface area contributed by atoms with Crippen LogP contribution in [0.1, 0.15) is 15.2 Å². The topological polar surface area (TPSA) is 62.0 Å². The molecule has 20 heavy (non-hydrogen) atoms. The van der Waals surface area contributed by atoms with E-state index in [0.717, 1.165) is 16.5 Å². The van der Waals surface area contributed by atoms with E-state index in [1.807, 2.05) is 30.5 Å². The third-order valence-corrected chi connectivity index (χ3v) is 3.92. The second kappa shape index (κ2) is 4.94. The van der Waals surface area contributed by atoms with E-state index >= 15 is 0 Å². The van der Waals surface area contributed by atoms with Crippen LogP contribution >= 0.6 is 11.3 Å². The highest BCUT2D eigenvalue weighted by atomic mass is 32.1. The second-order valence-corrected chi connectivity index (χ2v) is 5.46. The number of aryl methyl sites for hydroxylation is 1. The molecule has 0 saturated carbocycles. The fraction of sp³-hybridized carbons (Fsp3) is 0.0667. The molecule has 0 aliphatic rings. The van der Waals surface area contributed by atoms with Crippen molar-refractivity contribution in [2.24, 2.45) is 0 Å². The van der Waals surface area contributed by atoms with E-state index in [1.54, 1.807) is 18.2 Å². The number of anilines is 1. The number of fused-ring (bicyclic) bond motifs is 1. The molecule has 0 aliphatic heterocycles. The number of carbonyl (C=O) groups is 1. The Morgan fingerprint density at radius 1 is 1.25 bits per heavy atom. The Hall–Kier alpha value is -2.40. The SMILES string of the molecule is Cc1cc(=O)[nH]c2cc(NC(=O)c3cccs3)ccc12. The van der Waals surface area contributed by atoms with Crippen molar-refractivity contribution in [3.63, 3.8) is 0 Å². The van der Waals surface area contributed by atoms with Crippen molar-refractivity contribution in [1.29, 1.82) is 0 Å². The standard InChI is InChI=1S/C15H12N2O2S/c1-9-7-14(18)17-12-8-10(4-5-11(9)12)16-15(19)13-3-2-6-20-13/h2-8H,1H3,(H,16,19)(H,17,18). The molecule has 0 unspecified atom stereocenters. The van der Waals surface area contributed by atoms with E-state index in [0.29, 0.717) is 10.6 Å². The normalized spacial score (nSPS) is 10.7. The number of aromatic amines is 1. The number of aromatic nitrogens is 1. The maximum absolute atomic E-state index is 12.0. The minimum atomic E-state index is -0.144. The van der Waals surface area contributed by atoms with Crippen molar-refractivity contribution in [3.8, 4) is 0 Å². The molecule has 4 nitrogen and oxygen atoms in total. The summed E-state index contributed by atoms with van der Waals surface area (Å²) in [5.74, 6) is -0.144. The van der Waals surface area contributed by atoms with E-state index in [9.17, 15) is 9.59 Å². The minimum Gasteiger partial charge on any atom is -0.322 e. The lowest BCUT2D eigenvalue weighted by Crippen LogP contribution is -2.10. The van der Waals surface area contributed by atoms with Crippen LogP contribution in [0, 0.1) is 6.92 Å². The molecule has 0 aliphatic carbocycles. The Kier molecular flexibility index (Phi) is 3.12. The van der Waals surface area contributed by atoms with Crippen LogP contribution in [-0.2, 0) is 0 Å². The summed E-state index contributed by atoms with van der Waals surface area (Å²) in [5, 5.41) is 5.65. The van der Waals surface area contributed by atoms with Crippen molar-refractivity contribution in [2.75, 3.05) is 5.32 Å². The summed E-state index contributed by atoms with van der Waals surface area (Å²) >= 11 is 1.39. The van der Waals surface area contributed by atoms with Crippen LogP contribution in [0.15, 0.2) is 46.6 Å². The van der Waals surface area contributed by atoms with Crippen LogP contribution in [0.3, 0.4) is 0 Å². The average Bonchev–Trinajstić information content (AvgIpc) is 2.91. The van der Waals surface area contributed by atoms with Gasteiger partial charge in [-0.05, 0) is 36.1 Å². The van der Waals surface area contributed by atoms with Gasteiger partial charge in [0.05, 0.1) is 10.4 Å². The molecule has 0 spiro atoms. The van der Waals surface area contributed by atoms with Gasteiger partial charge in [-0.1, -0.05) is 12.1 Å². The third-order valence-electron chi connectivity index (χ3n) is 3.05. The third kappa shape index (κ3) is 2.35. The smallest absolute Gasteiger partial charge is 0.265 e. The zero-order valence-electron chi connectivity index (χ0n) is 10.8. The second-order valence-electron chi connectivity index (χ2n) is 4.51. The summed E-state index contributed by atoms with van der Waals surface area (Å²) < 4.78 is 0. The van der Waals surface area contributed by atoms with E-state index < -0.39 is 0 Å². The van der Waals surface area contributed by atoms with Crippen LogP contribution in [0.25, 0.3) is 10.9 Å². The van der Waals surface area contributed by atoms with Crippen LogP contribution in [0.2, 0.25) is 0 Å². The average molecular weight is 284 g/mol. The molecule has 1 aromatic carbocycles. The molecule has 3 aromatic rings. The number of nitrogens with one attached hydrogen (secondary N) is 2. The lowest BCUT2D eigenvalue weighted by molar-refractivity contribution is 0.103. The first-order chi connectivity index (χ1) is 9.63. The predicted molar refractivity (Wildman–Crippen MR) is 81.6 cm³/mol. The van der Waals surface area contributed by atoms with Crippen LogP contribution in [0.4, 0.5) is 5.69 Å². The molecular weight excluding hydrogens is 272 g/mol. The molecule has 2 heterocycles. The molecule has 2 N–H and O–H groups in total. The van der Waals surface area contributed by atoms with Gasteiger partial charge in [0.2, 0.25) is 5.56 Å². The number of amides is 1. The largest absolute Gasteiger partial charge is 0.322 e. The number of carbonyl (C=O) groups excluding carboxylic acids is 1. The summed E-state index contributed by atoms with van der Waals surface area (Å²) in [7, 11) is 0. The summed E-state index contributed by atoms with van der Waals surface area (Å²) in [4.78, 5) is 26.9. The van der Waals surface area contributed by atoms with Crippen molar-refractivity contribution >= 4 is 33.8 Å². The lowest BCUT2D eigenvalue weighted by atomic mass is 10.1. The highest BCUT2D eigenvalue weighted by Crippen LogP contribution is 2.20. The molecule has 100 valence electrons. The van der Waals surface area contributed by atoms with Gasteiger partial charge in [-0.25, -0.2) is 0 Å². The quantitative estimate of drug-likeness (QED) is 0.759. The Bertz CT molecular complexity index is 835. The molecule has 3 rings (SSSR count). The van der Waals surface area contributed by atoms with Crippen LogP contribution < -0.4 is 10.9 Å². The van der Waals surface area contributed by atoms with Crippen LogP contribution in [0.5, 0.6) is 0 Å². The molecule has 1 amide bonds. The predicted octanol–water partition coefficient (Wildman–Crippen LogP) is 3.15. The van der Waals surface area contributed by atoms with Crippen LogP contribution in [-0.4, -0.2) is 10.9 Å². The molecule has 2 aromatic heterocycles. The zero-order valence-corrected chi connectivity index (χ0v) is 11.6.